The Hall–Kier alpha value is -2.82. The fourth-order valence-electron chi connectivity index (χ4n) is 3.54. The van der Waals surface area contributed by atoms with Gasteiger partial charge < -0.3 is 15.4 Å². The maximum Gasteiger partial charge on any atom is 0.258 e. The molecule has 1 saturated carbocycles. The smallest absolute Gasteiger partial charge is 0.258 e. The molecule has 0 unspecified atom stereocenters. The first-order valence-corrected chi connectivity index (χ1v) is 9.96. The summed E-state index contributed by atoms with van der Waals surface area (Å²) in [5, 5.41) is 5.96. The average molecular weight is 380 g/mol. The van der Waals surface area contributed by atoms with Gasteiger partial charge in [-0.3, -0.25) is 9.59 Å². The summed E-state index contributed by atoms with van der Waals surface area (Å²) in [6, 6.07) is 16.9. The number of benzene rings is 2. The molecule has 0 spiro atoms. The van der Waals surface area contributed by atoms with E-state index < -0.39 is 0 Å². The van der Waals surface area contributed by atoms with Crippen LogP contribution < -0.4 is 15.4 Å². The lowest BCUT2D eigenvalue weighted by molar-refractivity contribution is -0.124. The molecule has 148 valence electrons. The van der Waals surface area contributed by atoms with Crippen LogP contribution >= 0.6 is 0 Å². The van der Waals surface area contributed by atoms with Gasteiger partial charge in [0.05, 0.1) is 0 Å². The number of amides is 2. The Morgan fingerprint density at radius 1 is 1.04 bits per heavy atom. The van der Waals surface area contributed by atoms with Crippen molar-refractivity contribution >= 4 is 11.8 Å². The number of nitrogens with one attached hydrogen (secondary N) is 2. The summed E-state index contributed by atoms with van der Waals surface area (Å²) in [5.74, 6) is 0.737. The van der Waals surface area contributed by atoms with Crippen LogP contribution in [0.1, 0.15) is 48.5 Å². The molecule has 0 aliphatic heterocycles. The second kappa shape index (κ2) is 9.93. The normalized spacial score (nSPS) is 18.9. The number of rotatable bonds is 7. The molecule has 3 rings (SSSR count). The lowest BCUT2D eigenvalue weighted by Gasteiger charge is -2.29. The van der Waals surface area contributed by atoms with Gasteiger partial charge in [0, 0.05) is 18.2 Å². The van der Waals surface area contributed by atoms with Crippen molar-refractivity contribution in [1.82, 2.24) is 10.6 Å². The van der Waals surface area contributed by atoms with Crippen LogP contribution in [0.2, 0.25) is 0 Å². The van der Waals surface area contributed by atoms with E-state index in [4.69, 9.17) is 4.74 Å². The summed E-state index contributed by atoms with van der Waals surface area (Å²) >= 11 is 0. The van der Waals surface area contributed by atoms with Gasteiger partial charge in [-0.25, -0.2) is 0 Å². The Bertz CT molecular complexity index is 791. The van der Waals surface area contributed by atoms with Gasteiger partial charge >= 0.3 is 0 Å². The van der Waals surface area contributed by atoms with Crippen LogP contribution in [0.5, 0.6) is 5.75 Å². The van der Waals surface area contributed by atoms with Crippen LogP contribution in [-0.4, -0.2) is 24.5 Å². The molecule has 2 atom stereocenters. The van der Waals surface area contributed by atoms with E-state index in [1.807, 2.05) is 30.3 Å². The SMILES string of the molecule is C[C@H]1CCCC[C@H]1NC(=O)COc1cccc(C(=O)NCc2ccccc2)c1. The van der Waals surface area contributed by atoms with Crippen LogP contribution in [0.3, 0.4) is 0 Å². The molecule has 0 saturated heterocycles. The first kappa shape index (κ1) is 19.9. The van der Waals surface area contributed by atoms with Crippen molar-refractivity contribution in [1.29, 1.82) is 0 Å². The van der Waals surface area contributed by atoms with E-state index in [1.165, 1.54) is 6.42 Å². The Morgan fingerprint density at radius 2 is 1.82 bits per heavy atom. The number of hydrogen-bond donors (Lipinski definition) is 2. The van der Waals surface area contributed by atoms with Gasteiger partial charge in [-0.2, -0.15) is 0 Å². The average Bonchev–Trinajstić information content (AvgIpc) is 2.73. The molecule has 2 aromatic carbocycles. The lowest BCUT2D eigenvalue weighted by atomic mass is 9.86. The second-order valence-corrected chi connectivity index (χ2v) is 7.42. The molecule has 28 heavy (non-hydrogen) atoms. The standard InChI is InChI=1S/C23H28N2O3/c1-17-8-5-6-13-21(17)25-22(26)16-28-20-12-7-11-19(14-20)23(27)24-15-18-9-3-2-4-10-18/h2-4,7,9-12,14,17,21H,5-6,8,13,15-16H2,1H3,(H,24,27)(H,25,26)/t17-,21+/m0/s1. The van der Waals surface area contributed by atoms with Crippen LogP contribution in [0.4, 0.5) is 0 Å². The zero-order chi connectivity index (χ0) is 19.8. The molecule has 0 aromatic heterocycles. The van der Waals surface area contributed by atoms with Gasteiger partial charge in [0.25, 0.3) is 11.8 Å². The van der Waals surface area contributed by atoms with Crippen molar-refractivity contribution in [2.75, 3.05) is 6.61 Å². The van der Waals surface area contributed by atoms with Gasteiger partial charge in [-0.05, 0) is 42.5 Å². The van der Waals surface area contributed by atoms with Crippen LogP contribution in [-0.2, 0) is 11.3 Å². The van der Waals surface area contributed by atoms with Crippen molar-refractivity contribution in [3.63, 3.8) is 0 Å². The molecule has 2 amide bonds. The molecule has 5 heteroatoms. The monoisotopic (exact) mass is 380 g/mol. The minimum Gasteiger partial charge on any atom is -0.484 e. The largest absolute Gasteiger partial charge is 0.484 e. The highest BCUT2D eigenvalue weighted by Gasteiger charge is 2.22. The highest BCUT2D eigenvalue weighted by atomic mass is 16.5. The summed E-state index contributed by atoms with van der Waals surface area (Å²) < 4.78 is 5.61. The molecule has 0 radical (unpaired) electrons. The fourth-order valence-corrected chi connectivity index (χ4v) is 3.54. The number of carbonyl (C=O) groups excluding carboxylic acids is 2. The number of ether oxygens (including phenoxy) is 1. The van der Waals surface area contributed by atoms with Crippen LogP contribution in [0, 0.1) is 5.92 Å². The molecular weight excluding hydrogens is 352 g/mol. The van der Waals surface area contributed by atoms with E-state index in [0.29, 0.717) is 23.8 Å². The lowest BCUT2D eigenvalue weighted by Crippen LogP contribution is -2.43. The third-order valence-electron chi connectivity index (χ3n) is 5.22. The van der Waals surface area contributed by atoms with E-state index in [-0.39, 0.29) is 24.5 Å². The van der Waals surface area contributed by atoms with Gasteiger partial charge in [0.1, 0.15) is 5.75 Å². The van der Waals surface area contributed by atoms with E-state index in [9.17, 15) is 9.59 Å². The Labute approximate surface area is 166 Å². The molecule has 0 bridgehead atoms. The number of hydrogen-bond acceptors (Lipinski definition) is 3. The maximum absolute atomic E-state index is 12.4. The van der Waals surface area contributed by atoms with Crippen molar-refractivity contribution in [3.05, 3.63) is 65.7 Å². The summed E-state index contributed by atoms with van der Waals surface area (Å²) in [4.78, 5) is 24.6. The van der Waals surface area contributed by atoms with Gasteiger partial charge in [0.2, 0.25) is 0 Å². The van der Waals surface area contributed by atoms with E-state index >= 15 is 0 Å². The Morgan fingerprint density at radius 3 is 2.61 bits per heavy atom. The molecule has 1 aliphatic rings. The van der Waals surface area contributed by atoms with Gasteiger partial charge in [0.15, 0.2) is 6.61 Å². The zero-order valence-electron chi connectivity index (χ0n) is 16.3. The fraction of sp³-hybridized carbons (Fsp3) is 0.391. The summed E-state index contributed by atoms with van der Waals surface area (Å²) in [7, 11) is 0. The summed E-state index contributed by atoms with van der Waals surface area (Å²) in [5.41, 5.74) is 1.55. The Kier molecular flexibility index (Phi) is 7.06. The minimum absolute atomic E-state index is 0.0433. The molecule has 1 fully saturated rings. The quantitative estimate of drug-likeness (QED) is 0.770. The predicted octanol–water partition coefficient (Wildman–Crippen LogP) is 3.69. The molecule has 0 heterocycles. The van der Waals surface area contributed by atoms with Crippen molar-refractivity contribution in [3.8, 4) is 5.75 Å². The predicted molar refractivity (Wildman–Crippen MR) is 109 cm³/mol. The van der Waals surface area contributed by atoms with Crippen LogP contribution in [0.25, 0.3) is 0 Å². The number of carbonyl (C=O) groups is 2. The first-order chi connectivity index (χ1) is 13.6. The molecule has 2 aromatic rings. The molecule has 1 aliphatic carbocycles. The highest BCUT2D eigenvalue weighted by Crippen LogP contribution is 2.23. The third kappa shape index (κ3) is 5.84. The van der Waals surface area contributed by atoms with Crippen molar-refractivity contribution in [2.45, 2.75) is 45.2 Å². The molecular formula is C23H28N2O3. The molecule has 2 N–H and O–H groups in total. The summed E-state index contributed by atoms with van der Waals surface area (Å²) in [6.07, 6.45) is 4.59. The third-order valence-corrected chi connectivity index (χ3v) is 5.22. The van der Waals surface area contributed by atoms with Gasteiger partial charge in [-0.1, -0.05) is 56.2 Å². The first-order valence-electron chi connectivity index (χ1n) is 9.96. The van der Waals surface area contributed by atoms with Crippen molar-refractivity contribution in [2.24, 2.45) is 5.92 Å². The maximum atomic E-state index is 12.4. The van der Waals surface area contributed by atoms with Crippen LogP contribution in [0.15, 0.2) is 54.6 Å². The zero-order valence-corrected chi connectivity index (χ0v) is 16.3. The van der Waals surface area contributed by atoms with E-state index in [2.05, 4.69) is 17.6 Å². The van der Waals surface area contributed by atoms with E-state index in [0.717, 1.165) is 24.8 Å². The van der Waals surface area contributed by atoms with Crippen molar-refractivity contribution < 1.29 is 14.3 Å². The molecule has 5 nitrogen and oxygen atoms in total. The topological polar surface area (TPSA) is 67.4 Å². The van der Waals surface area contributed by atoms with Gasteiger partial charge in [-0.15, -0.1) is 0 Å². The minimum atomic E-state index is -0.171. The summed E-state index contributed by atoms with van der Waals surface area (Å²) in [6.45, 7) is 2.60. The second-order valence-electron chi connectivity index (χ2n) is 7.42. The highest BCUT2D eigenvalue weighted by molar-refractivity contribution is 5.94. The van der Waals surface area contributed by atoms with E-state index in [1.54, 1.807) is 24.3 Å². The Balaban J connectivity index is 1.48.